The van der Waals surface area contributed by atoms with Gasteiger partial charge in [-0.2, -0.15) is 18.2 Å². The van der Waals surface area contributed by atoms with Crippen LogP contribution in [-0.4, -0.2) is 58.0 Å². The molecular formula is C24H23ClF3N3O3. The molecule has 180 valence electrons. The zero-order valence-electron chi connectivity index (χ0n) is 18.2. The van der Waals surface area contributed by atoms with E-state index in [1.54, 1.807) is 35.4 Å². The van der Waals surface area contributed by atoms with Gasteiger partial charge in [0, 0.05) is 11.2 Å². The summed E-state index contributed by atoms with van der Waals surface area (Å²) in [6, 6.07) is 13.5. The molecule has 1 N–H and O–H groups in total. The zero-order valence-corrected chi connectivity index (χ0v) is 19.0. The van der Waals surface area contributed by atoms with Gasteiger partial charge in [-0.1, -0.05) is 54.1 Å². The zero-order chi connectivity index (χ0) is 24.5. The highest BCUT2D eigenvalue weighted by atomic mass is 35.5. The quantitative estimate of drug-likeness (QED) is 0.648. The Labute approximate surface area is 200 Å². The second-order valence-electron chi connectivity index (χ2n) is 7.98. The van der Waals surface area contributed by atoms with Crippen LogP contribution >= 0.6 is 11.6 Å². The van der Waals surface area contributed by atoms with Crippen molar-refractivity contribution >= 4 is 17.5 Å². The second-order valence-corrected chi connectivity index (χ2v) is 8.41. The monoisotopic (exact) mass is 493 g/mol. The number of ether oxygens (including phenoxy) is 1. The van der Waals surface area contributed by atoms with Crippen LogP contribution in [0.2, 0.25) is 5.02 Å². The standard InChI is InChI=1S/C24H23ClF3N3O3/c1-16(24(26,27)28)29-15-31(30-12-5-13-34-14-20(32)22(30)23(29)33)21(17-6-3-2-4-7-17)18-8-10-19(25)11-9-18/h2-12,16,21,32H,13-15H2,1H3/b12-5-,22-20?/t16-,21?/m1/s1. The number of carbonyl (C=O) groups is 1. The van der Waals surface area contributed by atoms with E-state index in [2.05, 4.69) is 0 Å². The first-order chi connectivity index (χ1) is 16.2. The van der Waals surface area contributed by atoms with Crippen LogP contribution in [0, 0.1) is 0 Å². The number of fused-ring (bicyclic) bond motifs is 1. The molecule has 6 nitrogen and oxygen atoms in total. The van der Waals surface area contributed by atoms with Crippen molar-refractivity contribution in [1.29, 1.82) is 0 Å². The first-order valence-electron chi connectivity index (χ1n) is 10.6. The topological polar surface area (TPSA) is 56.3 Å². The van der Waals surface area contributed by atoms with Crippen molar-refractivity contribution in [3.63, 3.8) is 0 Å². The largest absolute Gasteiger partial charge is 0.507 e. The fourth-order valence-corrected chi connectivity index (χ4v) is 4.13. The van der Waals surface area contributed by atoms with Gasteiger partial charge in [-0.25, -0.2) is 0 Å². The number of alkyl halides is 3. The maximum atomic E-state index is 13.7. The second kappa shape index (κ2) is 9.69. The minimum atomic E-state index is -4.66. The van der Waals surface area contributed by atoms with E-state index in [0.29, 0.717) is 9.92 Å². The fraction of sp³-hybridized carbons (Fsp3) is 0.292. The summed E-state index contributed by atoms with van der Waals surface area (Å²) in [5.41, 5.74) is 1.24. The van der Waals surface area contributed by atoms with E-state index < -0.39 is 29.9 Å². The normalized spacial score (nSPS) is 20.4. The molecule has 1 fully saturated rings. The van der Waals surface area contributed by atoms with Crippen LogP contribution in [0.4, 0.5) is 13.2 Å². The molecule has 0 bridgehead atoms. The van der Waals surface area contributed by atoms with Crippen LogP contribution in [0.15, 0.2) is 78.3 Å². The van der Waals surface area contributed by atoms with Crippen LogP contribution in [0.25, 0.3) is 0 Å². The van der Waals surface area contributed by atoms with Gasteiger partial charge in [0.25, 0.3) is 5.91 Å². The van der Waals surface area contributed by atoms with E-state index in [-0.39, 0.29) is 25.6 Å². The van der Waals surface area contributed by atoms with Crippen LogP contribution in [0.5, 0.6) is 0 Å². The molecule has 0 aliphatic carbocycles. The summed E-state index contributed by atoms with van der Waals surface area (Å²) >= 11 is 6.08. The summed E-state index contributed by atoms with van der Waals surface area (Å²) < 4.78 is 46.5. The lowest BCUT2D eigenvalue weighted by Gasteiger charge is -2.49. The average molecular weight is 494 g/mol. The lowest BCUT2D eigenvalue weighted by Crippen LogP contribution is -2.62. The molecule has 2 aromatic rings. The first kappa shape index (κ1) is 24.1. The molecule has 2 heterocycles. The summed E-state index contributed by atoms with van der Waals surface area (Å²) in [5, 5.41) is 14.2. The maximum Gasteiger partial charge on any atom is 0.408 e. The van der Waals surface area contributed by atoms with E-state index in [0.717, 1.165) is 18.1 Å². The summed E-state index contributed by atoms with van der Waals surface area (Å²) in [6.45, 7) is 0.415. The number of nitrogens with zero attached hydrogens (tertiary/aromatic N) is 3. The number of aliphatic hydroxyl groups excluding tert-OH is 1. The molecular weight excluding hydrogens is 471 g/mol. The Bertz CT molecular complexity index is 1090. The van der Waals surface area contributed by atoms with E-state index in [1.807, 2.05) is 30.3 Å². The fourth-order valence-electron chi connectivity index (χ4n) is 4.00. The summed E-state index contributed by atoms with van der Waals surface area (Å²) in [4.78, 5) is 14.0. The number of aliphatic hydroxyl groups is 1. The predicted octanol–water partition coefficient (Wildman–Crippen LogP) is 5.01. The third-order valence-electron chi connectivity index (χ3n) is 5.78. The highest BCUT2D eigenvalue weighted by Crippen LogP contribution is 2.38. The number of halogens is 4. The third-order valence-corrected chi connectivity index (χ3v) is 6.03. The lowest BCUT2D eigenvalue weighted by atomic mass is 9.97. The third kappa shape index (κ3) is 4.77. The van der Waals surface area contributed by atoms with Gasteiger partial charge in [-0.3, -0.25) is 9.80 Å². The molecule has 2 aliphatic rings. The van der Waals surface area contributed by atoms with Crippen LogP contribution in [0.3, 0.4) is 0 Å². The van der Waals surface area contributed by atoms with Gasteiger partial charge in [0.15, 0.2) is 5.70 Å². The molecule has 0 spiro atoms. The van der Waals surface area contributed by atoms with E-state index in [1.165, 1.54) is 11.2 Å². The molecule has 1 unspecified atom stereocenters. The highest BCUT2D eigenvalue weighted by Gasteiger charge is 2.49. The number of hydrazine groups is 1. The Morgan fingerprint density at radius 1 is 1.06 bits per heavy atom. The van der Waals surface area contributed by atoms with Crippen LogP contribution < -0.4 is 0 Å². The Kier molecular flexibility index (Phi) is 6.88. The van der Waals surface area contributed by atoms with Crippen molar-refractivity contribution in [2.75, 3.05) is 19.9 Å². The SMILES string of the molecule is C[C@@H](N1CN(C(c2ccccc2)c2ccc(Cl)cc2)N2/C=C\COCC(O)=C2C1=O)C(F)(F)F. The summed E-state index contributed by atoms with van der Waals surface area (Å²) in [5.74, 6) is -1.38. The molecule has 0 saturated carbocycles. The molecule has 34 heavy (non-hydrogen) atoms. The molecule has 2 atom stereocenters. The van der Waals surface area contributed by atoms with Gasteiger partial charge in [-0.15, -0.1) is 0 Å². The first-order valence-corrected chi connectivity index (χ1v) is 11.0. The average Bonchev–Trinajstić information content (AvgIpc) is 2.79. The van der Waals surface area contributed by atoms with Crippen LogP contribution in [-0.2, 0) is 9.53 Å². The molecule has 4 rings (SSSR count). The minimum absolute atomic E-state index is 0.162. The van der Waals surface area contributed by atoms with Gasteiger partial charge in [0.1, 0.15) is 18.4 Å². The van der Waals surface area contributed by atoms with Crippen molar-refractivity contribution in [3.05, 3.63) is 94.5 Å². The highest BCUT2D eigenvalue weighted by molar-refractivity contribution is 6.30. The molecule has 1 saturated heterocycles. The van der Waals surface area contributed by atoms with Crippen LogP contribution in [0.1, 0.15) is 24.1 Å². The minimum Gasteiger partial charge on any atom is -0.507 e. The summed E-state index contributed by atoms with van der Waals surface area (Å²) in [6.07, 6.45) is -1.49. The Morgan fingerprint density at radius 3 is 2.35 bits per heavy atom. The lowest BCUT2D eigenvalue weighted by molar-refractivity contribution is -0.203. The molecule has 1 amide bonds. The van der Waals surface area contributed by atoms with E-state index in [4.69, 9.17) is 16.3 Å². The van der Waals surface area contributed by atoms with Crippen molar-refractivity contribution < 1.29 is 27.8 Å². The Morgan fingerprint density at radius 2 is 1.71 bits per heavy atom. The number of benzene rings is 2. The number of rotatable bonds is 4. The van der Waals surface area contributed by atoms with Gasteiger partial charge in [0.05, 0.1) is 19.3 Å². The van der Waals surface area contributed by atoms with Crippen molar-refractivity contribution in [2.45, 2.75) is 25.2 Å². The summed E-state index contributed by atoms with van der Waals surface area (Å²) in [7, 11) is 0. The molecule has 2 aromatic carbocycles. The smallest absolute Gasteiger partial charge is 0.408 e. The van der Waals surface area contributed by atoms with E-state index >= 15 is 0 Å². The molecule has 2 aliphatic heterocycles. The number of carbonyl (C=O) groups excluding carboxylic acids is 1. The van der Waals surface area contributed by atoms with Crippen molar-refractivity contribution in [3.8, 4) is 0 Å². The molecule has 0 radical (unpaired) electrons. The van der Waals surface area contributed by atoms with Gasteiger partial charge in [0.2, 0.25) is 0 Å². The molecule has 0 aromatic heterocycles. The predicted molar refractivity (Wildman–Crippen MR) is 120 cm³/mol. The molecule has 10 heteroatoms. The Balaban J connectivity index is 1.90. The van der Waals surface area contributed by atoms with Crippen molar-refractivity contribution in [1.82, 2.24) is 14.9 Å². The van der Waals surface area contributed by atoms with Crippen molar-refractivity contribution in [2.24, 2.45) is 0 Å². The van der Waals surface area contributed by atoms with Gasteiger partial charge >= 0.3 is 6.18 Å². The van der Waals surface area contributed by atoms with Gasteiger partial charge in [-0.05, 0) is 36.3 Å². The number of hydrogen-bond donors (Lipinski definition) is 1. The maximum absolute atomic E-state index is 13.7. The Hall–Kier alpha value is -3.01. The van der Waals surface area contributed by atoms with E-state index in [9.17, 15) is 23.1 Å². The number of amides is 1. The van der Waals surface area contributed by atoms with Gasteiger partial charge < -0.3 is 14.7 Å². The number of hydrogen-bond acceptors (Lipinski definition) is 5.